The summed E-state index contributed by atoms with van der Waals surface area (Å²) in [5, 5.41) is 7.04. The molecular formula is C12H19N3O2. The number of hydrogen-bond donors (Lipinski definition) is 1. The zero-order valence-corrected chi connectivity index (χ0v) is 10.1. The maximum atomic E-state index is 11.7. The largest absolute Gasteiger partial charge is 0.376 e. The van der Waals surface area contributed by atoms with Gasteiger partial charge in [-0.2, -0.15) is 5.10 Å². The van der Waals surface area contributed by atoms with E-state index in [4.69, 9.17) is 4.74 Å². The number of amides is 1. The molecule has 1 N–H and O–H groups in total. The van der Waals surface area contributed by atoms with Gasteiger partial charge in [0.05, 0.1) is 12.1 Å². The Bertz CT molecular complexity index is 345. The van der Waals surface area contributed by atoms with E-state index in [0.29, 0.717) is 13.0 Å². The summed E-state index contributed by atoms with van der Waals surface area (Å²) >= 11 is 0. The summed E-state index contributed by atoms with van der Waals surface area (Å²) in [6.07, 6.45) is 6.35. The number of nitrogens with one attached hydrogen (secondary N) is 1. The topological polar surface area (TPSA) is 56.2 Å². The van der Waals surface area contributed by atoms with Crippen molar-refractivity contribution in [2.45, 2.75) is 44.9 Å². The molecule has 1 amide bonds. The first-order chi connectivity index (χ1) is 8.25. The Hall–Kier alpha value is -1.36. The molecule has 2 unspecified atom stereocenters. The summed E-state index contributed by atoms with van der Waals surface area (Å²) in [6, 6.07) is 1.95. The highest BCUT2D eigenvalue weighted by atomic mass is 16.5. The van der Waals surface area contributed by atoms with Crippen molar-refractivity contribution in [3.8, 4) is 0 Å². The van der Waals surface area contributed by atoms with Gasteiger partial charge in [-0.3, -0.25) is 9.48 Å². The molecule has 1 aliphatic rings. The van der Waals surface area contributed by atoms with Gasteiger partial charge in [-0.1, -0.05) is 0 Å². The number of ether oxygens (including phenoxy) is 1. The van der Waals surface area contributed by atoms with E-state index in [1.807, 2.05) is 19.2 Å². The Balaban J connectivity index is 1.69. The monoisotopic (exact) mass is 237 g/mol. The normalized spacial score (nSPS) is 21.4. The van der Waals surface area contributed by atoms with Crippen LogP contribution in [0.4, 0.5) is 0 Å². The highest BCUT2D eigenvalue weighted by Crippen LogP contribution is 2.15. The molecule has 2 atom stereocenters. The maximum Gasteiger partial charge on any atom is 0.222 e. The lowest BCUT2D eigenvalue weighted by molar-refractivity contribution is -0.122. The van der Waals surface area contributed by atoms with Crippen molar-refractivity contribution < 1.29 is 9.53 Å². The average molecular weight is 237 g/mol. The Morgan fingerprint density at radius 2 is 2.59 bits per heavy atom. The van der Waals surface area contributed by atoms with Gasteiger partial charge >= 0.3 is 0 Å². The highest BCUT2D eigenvalue weighted by Gasteiger charge is 2.23. The molecule has 0 aromatic carbocycles. The van der Waals surface area contributed by atoms with Crippen LogP contribution in [-0.4, -0.2) is 34.4 Å². The highest BCUT2D eigenvalue weighted by molar-refractivity contribution is 5.76. The van der Waals surface area contributed by atoms with Crippen LogP contribution in [-0.2, 0) is 16.1 Å². The smallest absolute Gasteiger partial charge is 0.222 e. The predicted molar refractivity (Wildman–Crippen MR) is 63.4 cm³/mol. The molecule has 5 heteroatoms. The third-order valence-electron chi connectivity index (χ3n) is 3.04. The maximum absolute atomic E-state index is 11.7. The number of carbonyl (C=O) groups is 1. The van der Waals surface area contributed by atoms with Gasteiger partial charge in [-0.25, -0.2) is 0 Å². The van der Waals surface area contributed by atoms with Crippen LogP contribution in [0.5, 0.6) is 0 Å². The van der Waals surface area contributed by atoms with Gasteiger partial charge in [0, 0.05) is 32.0 Å². The van der Waals surface area contributed by atoms with Crippen molar-refractivity contribution in [1.29, 1.82) is 0 Å². The second kappa shape index (κ2) is 5.82. The molecule has 1 aliphatic heterocycles. The number of hydrogen-bond acceptors (Lipinski definition) is 3. The summed E-state index contributed by atoms with van der Waals surface area (Å²) in [7, 11) is 0. The number of aryl methyl sites for hydroxylation is 1. The van der Waals surface area contributed by atoms with Gasteiger partial charge in [0.15, 0.2) is 0 Å². The van der Waals surface area contributed by atoms with Crippen LogP contribution in [0.3, 0.4) is 0 Å². The molecule has 0 bridgehead atoms. The van der Waals surface area contributed by atoms with Crippen molar-refractivity contribution >= 4 is 5.91 Å². The Morgan fingerprint density at radius 1 is 1.71 bits per heavy atom. The van der Waals surface area contributed by atoms with Gasteiger partial charge < -0.3 is 10.1 Å². The quantitative estimate of drug-likeness (QED) is 0.829. The van der Waals surface area contributed by atoms with Gasteiger partial charge in [-0.05, 0) is 25.8 Å². The third kappa shape index (κ3) is 3.56. The summed E-state index contributed by atoms with van der Waals surface area (Å²) < 4.78 is 7.29. The molecule has 1 fully saturated rings. The molecule has 0 aliphatic carbocycles. The molecule has 0 spiro atoms. The second-order valence-corrected chi connectivity index (χ2v) is 4.43. The van der Waals surface area contributed by atoms with Crippen molar-refractivity contribution in [2.24, 2.45) is 0 Å². The first-order valence-corrected chi connectivity index (χ1v) is 6.14. The van der Waals surface area contributed by atoms with E-state index < -0.39 is 0 Å². The van der Waals surface area contributed by atoms with E-state index >= 15 is 0 Å². The van der Waals surface area contributed by atoms with Crippen LogP contribution in [0.25, 0.3) is 0 Å². The van der Waals surface area contributed by atoms with Crippen LogP contribution in [0, 0.1) is 0 Å². The lowest BCUT2D eigenvalue weighted by Crippen LogP contribution is -2.41. The van der Waals surface area contributed by atoms with E-state index in [0.717, 1.165) is 19.4 Å². The number of nitrogens with zero attached hydrogens (tertiary/aromatic N) is 2. The van der Waals surface area contributed by atoms with E-state index in [2.05, 4.69) is 10.4 Å². The first-order valence-electron chi connectivity index (χ1n) is 6.14. The molecule has 2 rings (SSSR count). The van der Waals surface area contributed by atoms with Gasteiger partial charge in [-0.15, -0.1) is 0 Å². The minimum absolute atomic E-state index is 0.0588. The first kappa shape index (κ1) is 12.1. The van der Waals surface area contributed by atoms with Crippen LogP contribution in [0.1, 0.15) is 26.2 Å². The van der Waals surface area contributed by atoms with Crippen LogP contribution < -0.4 is 5.32 Å². The Kier molecular flexibility index (Phi) is 4.14. The minimum atomic E-state index is 0.0588. The van der Waals surface area contributed by atoms with Crippen LogP contribution >= 0.6 is 0 Å². The number of carbonyl (C=O) groups excluding carboxylic acids is 1. The van der Waals surface area contributed by atoms with Crippen molar-refractivity contribution in [3.05, 3.63) is 18.5 Å². The summed E-state index contributed by atoms with van der Waals surface area (Å²) in [5.74, 6) is 0.0588. The van der Waals surface area contributed by atoms with Crippen LogP contribution in [0.15, 0.2) is 18.5 Å². The second-order valence-electron chi connectivity index (χ2n) is 4.43. The lowest BCUT2D eigenvalue weighted by atomic mass is 10.1. The summed E-state index contributed by atoms with van der Waals surface area (Å²) in [6.45, 7) is 3.44. The Morgan fingerprint density at radius 3 is 3.24 bits per heavy atom. The van der Waals surface area contributed by atoms with E-state index in [1.54, 1.807) is 10.9 Å². The summed E-state index contributed by atoms with van der Waals surface area (Å²) in [5.41, 5.74) is 0. The third-order valence-corrected chi connectivity index (χ3v) is 3.04. The molecule has 1 saturated heterocycles. The fourth-order valence-electron chi connectivity index (χ4n) is 2.06. The van der Waals surface area contributed by atoms with Gasteiger partial charge in [0.2, 0.25) is 5.91 Å². The standard InChI is InChI=1S/C12H19N3O2/c1-10(11-4-2-9-17-11)14-12(16)5-8-15-7-3-6-13-15/h3,6-7,10-11H,2,4-5,8-9H2,1H3,(H,14,16). The van der Waals surface area contributed by atoms with Crippen molar-refractivity contribution in [3.63, 3.8) is 0 Å². The molecule has 2 heterocycles. The Labute approximate surface area is 101 Å². The molecule has 1 aromatic rings. The fraction of sp³-hybridized carbons (Fsp3) is 0.667. The lowest BCUT2D eigenvalue weighted by Gasteiger charge is -2.19. The predicted octanol–water partition coefficient (Wildman–Crippen LogP) is 0.957. The molecule has 0 radical (unpaired) electrons. The molecule has 0 saturated carbocycles. The molecule has 94 valence electrons. The zero-order chi connectivity index (χ0) is 12.1. The van der Waals surface area contributed by atoms with E-state index in [-0.39, 0.29) is 18.1 Å². The molecule has 1 aromatic heterocycles. The number of rotatable bonds is 5. The minimum Gasteiger partial charge on any atom is -0.376 e. The molecular weight excluding hydrogens is 218 g/mol. The molecule has 17 heavy (non-hydrogen) atoms. The summed E-state index contributed by atoms with van der Waals surface area (Å²) in [4.78, 5) is 11.7. The zero-order valence-electron chi connectivity index (χ0n) is 10.1. The van der Waals surface area contributed by atoms with Crippen LogP contribution in [0.2, 0.25) is 0 Å². The van der Waals surface area contributed by atoms with E-state index in [1.165, 1.54) is 0 Å². The fourth-order valence-corrected chi connectivity index (χ4v) is 2.06. The van der Waals surface area contributed by atoms with Crippen molar-refractivity contribution in [2.75, 3.05) is 6.61 Å². The molecule has 5 nitrogen and oxygen atoms in total. The number of aromatic nitrogens is 2. The average Bonchev–Trinajstić information content (AvgIpc) is 2.99. The van der Waals surface area contributed by atoms with E-state index in [9.17, 15) is 4.79 Å². The van der Waals surface area contributed by atoms with Crippen molar-refractivity contribution in [1.82, 2.24) is 15.1 Å². The van der Waals surface area contributed by atoms with Gasteiger partial charge in [0.1, 0.15) is 0 Å². The SMILES string of the molecule is CC(NC(=O)CCn1cccn1)C1CCCO1. The van der Waals surface area contributed by atoms with Gasteiger partial charge in [0.25, 0.3) is 0 Å².